The fourth-order valence-electron chi connectivity index (χ4n) is 2.03. The lowest BCUT2D eigenvalue weighted by atomic mass is 10.2. The highest BCUT2D eigenvalue weighted by Crippen LogP contribution is 2.31. The lowest BCUT2D eigenvalue weighted by Crippen LogP contribution is -2.03. The predicted octanol–water partition coefficient (Wildman–Crippen LogP) is 1.85. The molecule has 0 saturated heterocycles. The van der Waals surface area contributed by atoms with Crippen LogP contribution in [0.1, 0.15) is 23.2 Å². The van der Waals surface area contributed by atoms with Gasteiger partial charge in [0.05, 0.1) is 10.9 Å². The van der Waals surface area contributed by atoms with Crippen molar-refractivity contribution in [2.75, 3.05) is 5.32 Å². The number of anilines is 1. The molecule has 17 heavy (non-hydrogen) atoms. The highest BCUT2D eigenvalue weighted by molar-refractivity contribution is 6.07. The molecule has 1 aliphatic rings. The summed E-state index contributed by atoms with van der Waals surface area (Å²) in [6.07, 6.45) is 5.62. The molecule has 2 aromatic heterocycles. The number of carbonyl (C=O) groups is 1. The molecule has 3 rings (SSSR count). The van der Waals surface area contributed by atoms with Crippen molar-refractivity contribution in [1.82, 2.24) is 9.55 Å². The van der Waals surface area contributed by atoms with Crippen LogP contribution in [0.25, 0.3) is 11.0 Å². The molecule has 2 N–H and O–H groups in total. The second-order valence-electron chi connectivity index (χ2n) is 4.43. The quantitative estimate of drug-likeness (QED) is 0.845. The molecule has 1 saturated carbocycles. The number of carboxylic acid groups (broad SMARTS) is 1. The van der Waals surface area contributed by atoms with E-state index in [9.17, 15) is 9.90 Å². The van der Waals surface area contributed by atoms with Gasteiger partial charge in [-0.2, -0.15) is 0 Å². The summed E-state index contributed by atoms with van der Waals surface area (Å²) in [6.45, 7) is 0. The molecular formula is C12H13N3O2. The van der Waals surface area contributed by atoms with Crippen LogP contribution >= 0.6 is 0 Å². The monoisotopic (exact) mass is 231 g/mol. The Balaban J connectivity index is 2.22. The van der Waals surface area contributed by atoms with Gasteiger partial charge in [-0.1, -0.05) is 0 Å². The number of fused-ring (bicyclic) bond motifs is 1. The zero-order valence-electron chi connectivity index (χ0n) is 9.47. The van der Waals surface area contributed by atoms with E-state index in [0.717, 1.165) is 18.5 Å². The van der Waals surface area contributed by atoms with Crippen molar-refractivity contribution in [2.45, 2.75) is 18.9 Å². The molecule has 2 heterocycles. The van der Waals surface area contributed by atoms with E-state index in [1.807, 2.05) is 13.1 Å². The molecule has 0 bridgehead atoms. The predicted molar refractivity (Wildman–Crippen MR) is 64.3 cm³/mol. The van der Waals surface area contributed by atoms with Gasteiger partial charge in [0.25, 0.3) is 0 Å². The first-order valence-corrected chi connectivity index (χ1v) is 5.60. The van der Waals surface area contributed by atoms with Crippen molar-refractivity contribution in [3.8, 4) is 0 Å². The lowest BCUT2D eigenvalue weighted by molar-refractivity contribution is 0.0699. The molecule has 88 valence electrons. The molecular weight excluding hydrogens is 218 g/mol. The molecule has 1 fully saturated rings. The number of carboxylic acids is 1. The molecule has 1 aliphatic carbocycles. The third-order valence-corrected chi connectivity index (χ3v) is 3.02. The first-order valence-electron chi connectivity index (χ1n) is 5.60. The summed E-state index contributed by atoms with van der Waals surface area (Å²) in [4.78, 5) is 15.4. The van der Waals surface area contributed by atoms with Crippen LogP contribution in [0.15, 0.2) is 18.5 Å². The van der Waals surface area contributed by atoms with Crippen LogP contribution < -0.4 is 5.32 Å². The zero-order chi connectivity index (χ0) is 12.0. The summed E-state index contributed by atoms with van der Waals surface area (Å²) in [5.74, 6) is -0.914. The van der Waals surface area contributed by atoms with Gasteiger partial charge in [0.15, 0.2) is 0 Å². The Hall–Kier alpha value is -2.04. The number of aromatic carboxylic acids is 1. The SMILES string of the molecule is Cn1cc(C(=O)O)c2c(NC3CC3)ccnc21. The summed E-state index contributed by atoms with van der Waals surface area (Å²) in [5.41, 5.74) is 1.88. The van der Waals surface area contributed by atoms with E-state index in [2.05, 4.69) is 10.3 Å². The maximum Gasteiger partial charge on any atom is 0.338 e. The number of hydrogen-bond acceptors (Lipinski definition) is 3. The van der Waals surface area contributed by atoms with Crippen LogP contribution in [0.2, 0.25) is 0 Å². The minimum Gasteiger partial charge on any atom is -0.478 e. The number of rotatable bonds is 3. The van der Waals surface area contributed by atoms with Crippen LogP contribution in [0.3, 0.4) is 0 Å². The summed E-state index contributed by atoms with van der Waals surface area (Å²) < 4.78 is 1.75. The van der Waals surface area contributed by atoms with Gasteiger partial charge in [0.2, 0.25) is 0 Å². The second-order valence-corrected chi connectivity index (χ2v) is 4.43. The number of nitrogens with zero attached hydrogens (tertiary/aromatic N) is 2. The molecule has 0 radical (unpaired) electrons. The van der Waals surface area contributed by atoms with Crippen molar-refractivity contribution >= 4 is 22.7 Å². The number of hydrogen-bond donors (Lipinski definition) is 2. The van der Waals surface area contributed by atoms with E-state index in [0.29, 0.717) is 22.6 Å². The highest BCUT2D eigenvalue weighted by atomic mass is 16.4. The topological polar surface area (TPSA) is 67.2 Å². The highest BCUT2D eigenvalue weighted by Gasteiger charge is 2.24. The van der Waals surface area contributed by atoms with Gasteiger partial charge >= 0.3 is 5.97 Å². The van der Waals surface area contributed by atoms with Gasteiger partial charge in [-0.3, -0.25) is 0 Å². The average Bonchev–Trinajstić information content (AvgIpc) is 3.03. The Morgan fingerprint density at radius 3 is 3.00 bits per heavy atom. The molecule has 0 unspecified atom stereocenters. The van der Waals surface area contributed by atoms with E-state index < -0.39 is 5.97 Å². The molecule has 5 nitrogen and oxygen atoms in total. The Morgan fingerprint density at radius 2 is 2.35 bits per heavy atom. The van der Waals surface area contributed by atoms with Crippen LogP contribution in [0, 0.1) is 0 Å². The fourth-order valence-corrected chi connectivity index (χ4v) is 2.03. The molecule has 0 spiro atoms. The van der Waals surface area contributed by atoms with Crippen LogP contribution in [-0.2, 0) is 7.05 Å². The molecule has 0 aromatic carbocycles. The third kappa shape index (κ3) is 1.63. The lowest BCUT2D eigenvalue weighted by Gasteiger charge is -2.06. The normalized spacial score (nSPS) is 15.1. The summed E-state index contributed by atoms with van der Waals surface area (Å²) >= 11 is 0. The summed E-state index contributed by atoms with van der Waals surface area (Å²) in [7, 11) is 1.81. The Labute approximate surface area is 98.1 Å². The van der Waals surface area contributed by atoms with E-state index in [4.69, 9.17) is 0 Å². The van der Waals surface area contributed by atoms with Gasteiger partial charge < -0.3 is 15.0 Å². The van der Waals surface area contributed by atoms with Crippen molar-refractivity contribution in [3.63, 3.8) is 0 Å². The largest absolute Gasteiger partial charge is 0.478 e. The fraction of sp³-hybridized carbons (Fsp3) is 0.333. The summed E-state index contributed by atoms with van der Waals surface area (Å²) in [5, 5.41) is 13.3. The Bertz CT molecular complexity index is 599. The maximum absolute atomic E-state index is 11.2. The second kappa shape index (κ2) is 3.48. The molecule has 0 atom stereocenters. The Morgan fingerprint density at radius 1 is 1.59 bits per heavy atom. The first-order chi connectivity index (χ1) is 8.16. The van der Waals surface area contributed by atoms with E-state index in [-0.39, 0.29) is 0 Å². The number of nitrogens with one attached hydrogen (secondary N) is 1. The number of aryl methyl sites for hydroxylation is 1. The smallest absolute Gasteiger partial charge is 0.338 e. The number of aromatic nitrogens is 2. The number of pyridine rings is 1. The molecule has 0 aliphatic heterocycles. The molecule has 0 amide bonds. The van der Waals surface area contributed by atoms with Gasteiger partial charge in [0.1, 0.15) is 5.65 Å². The van der Waals surface area contributed by atoms with E-state index >= 15 is 0 Å². The van der Waals surface area contributed by atoms with Crippen LogP contribution in [0.5, 0.6) is 0 Å². The minimum atomic E-state index is -0.914. The Kier molecular flexibility index (Phi) is 2.07. The minimum absolute atomic E-state index is 0.304. The van der Waals surface area contributed by atoms with Crippen LogP contribution in [0.4, 0.5) is 5.69 Å². The van der Waals surface area contributed by atoms with Gasteiger partial charge in [0, 0.05) is 31.2 Å². The van der Waals surface area contributed by atoms with Gasteiger partial charge in [-0.15, -0.1) is 0 Å². The average molecular weight is 231 g/mol. The van der Waals surface area contributed by atoms with Gasteiger partial charge in [-0.05, 0) is 18.9 Å². The third-order valence-electron chi connectivity index (χ3n) is 3.02. The van der Waals surface area contributed by atoms with Crippen molar-refractivity contribution < 1.29 is 9.90 Å². The van der Waals surface area contributed by atoms with E-state index in [1.54, 1.807) is 17.0 Å². The first kappa shape index (κ1) is 10.1. The van der Waals surface area contributed by atoms with E-state index in [1.165, 1.54) is 0 Å². The van der Waals surface area contributed by atoms with Gasteiger partial charge in [-0.25, -0.2) is 9.78 Å². The van der Waals surface area contributed by atoms with Crippen molar-refractivity contribution in [3.05, 3.63) is 24.0 Å². The van der Waals surface area contributed by atoms with Crippen molar-refractivity contribution in [1.29, 1.82) is 0 Å². The molecule has 2 aromatic rings. The zero-order valence-corrected chi connectivity index (χ0v) is 9.47. The maximum atomic E-state index is 11.2. The molecule has 5 heteroatoms. The standard InChI is InChI=1S/C12H13N3O2/c1-15-6-8(12(16)17)10-9(14-7-2-3-7)4-5-13-11(10)15/h4-7H,2-3H2,1H3,(H,13,14)(H,16,17). The van der Waals surface area contributed by atoms with Crippen LogP contribution in [-0.4, -0.2) is 26.7 Å². The summed E-state index contributed by atoms with van der Waals surface area (Å²) in [6, 6.07) is 2.33. The van der Waals surface area contributed by atoms with Crippen molar-refractivity contribution in [2.24, 2.45) is 7.05 Å².